The van der Waals surface area contributed by atoms with Crippen LogP contribution >= 0.6 is 0 Å². The predicted octanol–water partition coefficient (Wildman–Crippen LogP) is 3.67. The van der Waals surface area contributed by atoms with Gasteiger partial charge in [-0.2, -0.15) is 8.78 Å². The number of hydrogen-bond donors (Lipinski definition) is 1. The molecule has 3 nitrogen and oxygen atoms in total. The molecule has 18 heavy (non-hydrogen) atoms. The highest BCUT2D eigenvalue weighted by Gasteiger charge is 2.06. The van der Waals surface area contributed by atoms with Crippen LogP contribution in [0, 0.1) is 0 Å². The Morgan fingerprint density at radius 1 is 1.11 bits per heavy atom. The molecule has 0 amide bonds. The van der Waals surface area contributed by atoms with Crippen molar-refractivity contribution in [1.82, 2.24) is 0 Å². The summed E-state index contributed by atoms with van der Waals surface area (Å²) in [5, 5.41) is 3.21. The fourth-order valence-corrected chi connectivity index (χ4v) is 1.86. The summed E-state index contributed by atoms with van der Waals surface area (Å²) in [6, 6.07) is 6.47. The van der Waals surface area contributed by atoms with Gasteiger partial charge in [0.25, 0.3) is 0 Å². The number of amidine groups is 1. The number of rotatable bonds is 3. The molecule has 5 heteroatoms. The molecule has 1 aliphatic heterocycles. The molecule has 0 fully saturated rings. The average molecular weight is 254 g/mol. The van der Waals surface area contributed by atoms with E-state index in [1.165, 1.54) is 18.6 Å². The minimum atomic E-state index is -2.78. The van der Waals surface area contributed by atoms with E-state index in [1.807, 2.05) is 0 Å². The summed E-state index contributed by atoms with van der Waals surface area (Å²) in [4.78, 5) is 4.44. The highest BCUT2D eigenvalue weighted by atomic mass is 19.3. The van der Waals surface area contributed by atoms with Crippen LogP contribution in [0.3, 0.4) is 0 Å². The lowest BCUT2D eigenvalue weighted by Gasteiger charge is -2.09. The second kappa shape index (κ2) is 6.33. The molecule has 1 N–H and O–H groups in total. The maximum atomic E-state index is 12.0. The van der Waals surface area contributed by atoms with Crippen molar-refractivity contribution in [2.24, 2.45) is 4.99 Å². The Kier molecular flexibility index (Phi) is 4.50. The molecular formula is C13H16F2N2O. The lowest BCUT2D eigenvalue weighted by Crippen LogP contribution is -2.11. The van der Waals surface area contributed by atoms with Crippen LogP contribution in [0.25, 0.3) is 0 Å². The van der Waals surface area contributed by atoms with Crippen LogP contribution in [0.2, 0.25) is 0 Å². The summed E-state index contributed by atoms with van der Waals surface area (Å²) in [5.74, 6) is 1.13. The zero-order chi connectivity index (χ0) is 12.8. The molecule has 0 saturated carbocycles. The van der Waals surface area contributed by atoms with Crippen LogP contribution in [0.4, 0.5) is 14.5 Å². The lowest BCUT2D eigenvalue weighted by atomic mass is 10.2. The Bertz CT molecular complexity index is 404. The van der Waals surface area contributed by atoms with Crippen molar-refractivity contribution in [3.05, 3.63) is 24.3 Å². The zero-order valence-corrected chi connectivity index (χ0v) is 10.0. The monoisotopic (exact) mass is 254 g/mol. The van der Waals surface area contributed by atoms with Gasteiger partial charge >= 0.3 is 6.61 Å². The maximum absolute atomic E-state index is 12.0. The number of hydrogen-bond acceptors (Lipinski definition) is 3. The number of alkyl halides is 2. The molecule has 1 aliphatic rings. The third-order valence-electron chi connectivity index (χ3n) is 2.74. The standard InChI is InChI=1S/C13H16F2N2O/c14-13(15)18-11-7-5-10(6-8-11)17-12-4-2-1-3-9-16-12/h5-8,13H,1-4,9H2,(H,16,17). The number of halogens is 2. The molecule has 0 aliphatic carbocycles. The SMILES string of the molecule is FC(F)Oc1ccc(NC2=NCCCCC2)cc1. The highest BCUT2D eigenvalue weighted by molar-refractivity contribution is 5.95. The lowest BCUT2D eigenvalue weighted by molar-refractivity contribution is -0.0498. The molecule has 0 unspecified atom stereocenters. The molecule has 0 atom stereocenters. The van der Waals surface area contributed by atoms with Crippen molar-refractivity contribution >= 4 is 11.5 Å². The van der Waals surface area contributed by atoms with Gasteiger partial charge in [-0.3, -0.25) is 4.99 Å². The van der Waals surface area contributed by atoms with Gasteiger partial charge in [0.2, 0.25) is 0 Å². The predicted molar refractivity (Wildman–Crippen MR) is 67.5 cm³/mol. The smallest absolute Gasteiger partial charge is 0.387 e. The number of aliphatic imine (C=N–C) groups is 1. The Morgan fingerprint density at radius 3 is 2.61 bits per heavy atom. The highest BCUT2D eigenvalue weighted by Crippen LogP contribution is 2.18. The van der Waals surface area contributed by atoms with Crippen molar-refractivity contribution in [2.45, 2.75) is 32.3 Å². The third kappa shape index (κ3) is 3.98. The van der Waals surface area contributed by atoms with Gasteiger partial charge in [0.05, 0.1) is 0 Å². The number of ether oxygens (including phenoxy) is 1. The van der Waals surface area contributed by atoms with Crippen LogP contribution < -0.4 is 10.1 Å². The topological polar surface area (TPSA) is 33.6 Å². The molecule has 0 saturated heterocycles. The van der Waals surface area contributed by atoms with Crippen LogP contribution in [0.15, 0.2) is 29.3 Å². The van der Waals surface area contributed by atoms with Crippen LogP contribution in [0.1, 0.15) is 25.7 Å². The molecule has 98 valence electrons. The van der Waals surface area contributed by atoms with Gasteiger partial charge in [-0.25, -0.2) is 0 Å². The number of anilines is 1. The molecule has 0 radical (unpaired) electrons. The van der Waals surface area contributed by atoms with Gasteiger partial charge in [0.15, 0.2) is 0 Å². The molecular weight excluding hydrogens is 238 g/mol. The molecule has 1 aromatic carbocycles. The summed E-state index contributed by atoms with van der Waals surface area (Å²) in [7, 11) is 0. The van der Waals surface area contributed by atoms with E-state index in [9.17, 15) is 8.78 Å². The summed E-state index contributed by atoms with van der Waals surface area (Å²) in [6.45, 7) is -1.93. The van der Waals surface area contributed by atoms with Crippen LogP contribution in [0.5, 0.6) is 5.75 Å². The second-order valence-corrected chi connectivity index (χ2v) is 4.17. The van der Waals surface area contributed by atoms with Crippen molar-refractivity contribution < 1.29 is 13.5 Å². The fraction of sp³-hybridized carbons (Fsp3) is 0.462. The molecule has 0 bridgehead atoms. The number of nitrogens with one attached hydrogen (secondary N) is 1. The molecule has 0 spiro atoms. The first-order chi connectivity index (χ1) is 8.74. The molecule has 1 aromatic rings. The minimum Gasteiger partial charge on any atom is -0.435 e. The van der Waals surface area contributed by atoms with Gasteiger partial charge < -0.3 is 10.1 Å². The second-order valence-electron chi connectivity index (χ2n) is 4.17. The number of nitrogens with zero attached hydrogens (tertiary/aromatic N) is 1. The molecule has 1 heterocycles. The Hall–Kier alpha value is -1.65. The first kappa shape index (κ1) is 12.8. The summed E-state index contributed by atoms with van der Waals surface area (Å²) in [6.07, 6.45) is 4.41. The first-order valence-electron chi connectivity index (χ1n) is 6.09. The van der Waals surface area contributed by atoms with E-state index in [2.05, 4.69) is 15.0 Å². The number of benzene rings is 1. The summed E-state index contributed by atoms with van der Waals surface area (Å²) >= 11 is 0. The molecule has 0 aromatic heterocycles. The van der Waals surface area contributed by atoms with Gasteiger partial charge in [-0.15, -0.1) is 0 Å². The van der Waals surface area contributed by atoms with Gasteiger partial charge in [-0.05, 0) is 37.1 Å². The van der Waals surface area contributed by atoms with Crippen LogP contribution in [-0.4, -0.2) is 19.0 Å². The summed E-state index contributed by atoms with van der Waals surface area (Å²) in [5.41, 5.74) is 0.845. The quantitative estimate of drug-likeness (QED) is 0.892. The normalized spacial score (nSPS) is 16.1. The fourth-order valence-electron chi connectivity index (χ4n) is 1.86. The van der Waals surface area contributed by atoms with Gasteiger partial charge in [0, 0.05) is 18.7 Å². The van der Waals surface area contributed by atoms with E-state index in [-0.39, 0.29) is 5.75 Å². The van der Waals surface area contributed by atoms with Crippen LogP contribution in [-0.2, 0) is 0 Å². The van der Waals surface area contributed by atoms with E-state index < -0.39 is 6.61 Å². The Morgan fingerprint density at radius 2 is 1.89 bits per heavy atom. The Labute approximate surface area is 105 Å². The van der Waals surface area contributed by atoms with E-state index >= 15 is 0 Å². The van der Waals surface area contributed by atoms with Gasteiger partial charge in [-0.1, -0.05) is 6.42 Å². The zero-order valence-electron chi connectivity index (χ0n) is 10.0. The van der Waals surface area contributed by atoms with Crippen molar-refractivity contribution in [3.8, 4) is 5.75 Å². The van der Waals surface area contributed by atoms with E-state index in [0.717, 1.165) is 37.3 Å². The first-order valence-corrected chi connectivity index (χ1v) is 6.09. The maximum Gasteiger partial charge on any atom is 0.387 e. The van der Waals surface area contributed by atoms with Crippen molar-refractivity contribution in [2.75, 3.05) is 11.9 Å². The summed E-state index contributed by atoms with van der Waals surface area (Å²) < 4.78 is 28.3. The minimum absolute atomic E-state index is 0.165. The van der Waals surface area contributed by atoms with Gasteiger partial charge in [0.1, 0.15) is 11.6 Å². The van der Waals surface area contributed by atoms with E-state index in [0.29, 0.717) is 0 Å². The van der Waals surface area contributed by atoms with Crippen molar-refractivity contribution in [1.29, 1.82) is 0 Å². The van der Waals surface area contributed by atoms with Crippen molar-refractivity contribution in [3.63, 3.8) is 0 Å². The third-order valence-corrected chi connectivity index (χ3v) is 2.74. The molecule has 2 rings (SSSR count). The Balaban J connectivity index is 1.95. The van der Waals surface area contributed by atoms with E-state index in [4.69, 9.17) is 0 Å². The van der Waals surface area contributed by atoms with E-state index in [1.54, 1.807) is 12.1 Å². The average Bonchev–Trinajstić information content (AvgIpc) is 2.60. The largest absolute Gasteiger partial charge is 0.435 e.